The summed E-state index contributed by atoms with van der Waals surface area (Å²) < 4.78 is 7.02. The second-order valence-corrected chi connectivity index (χ2v) is 5.48. The zero-order chi connectivity index (χ0) is 13.8. The van der Waals surface area contributed by atoms with Crippen LogP contribution >= 0.6 is 31.9 Å². The first-order valence-corrected chi connectivity index (χ1v) is 7.02. The van der Waals surface area contributed by atoms with Crippen molar-refractivity contribution in [2.24, 2.45) is 5.84 Å². The molecule has 1 unspecified atom stereocenters. The predicted octanol–water partition coefficient (Wildman–Crippen LogP) is 2.56. The molecule has 100 valence electrons. The number of pyridine rings is 2. The monoisotopic (exact) mass is 386 g/mol. The number of nitrogens with two attached hydrogens (primary N) is 1. The minimum atomic E-state index is -0.362. The number of nitrogens with one attached hydrogen (secondary N) is 1. The maximum absolute atomic E-state index is 5.65. The normalized spacial score (nSPS) is 12.2. The Morgan fingerprint density at radius 1 is 1.32 bits per heavy atom. The lowest BCUT2D eigenvalue weighted by atomic mass is 10.1. The Labute approximate surface area is 127 Å². The maximum atomic E-state index is 5.65. The van der Waals surface area contributed by atoms with Crippen LogP contribution in [0.5, 0.6) is 5.75 Å². The van der Waals surface area contributed by atoms with E-state index < -0.39 is 0 Å². The van der Waals surface area contributed by atoms with Crippen LogP contribution in [0.25, 0.3) is 0 Å². The van der Waals surface area contributed by atoms with Gasteiger partial charge >= 0.3 is 0 Å². The third-order valence-electron chi connectivity index (χ3n) is 2.57. The third-order valence-corrected chi connectivity index (χ3v) is 3.64. The van der Waals surface area contributed by atoms with E-state index in [0.717, 1.165) is 14.6 Å². The summed E-state index contributed by atoms with van der Waals surface area (Å²) in [7, 11) is 1.60. The summed E-state index contributed by atoms with van der Waals surface area (Å²) in [6.07, 6.45) is 3.40. The minimum Gasteiger partial charge on any atom is -0.495 e. The summed E-state index contributed by atoms with van der Waals surface area (Å²) in [4.78, 5) is 8.69. The Kier molecular flexibility index (Phi) is 4.87. The summed E-state index contributed by atoms with van der Waals surface area (Å²) in [5.41, 5.74) is 4.14. The molecule has 1 atom stereocenters. The van der Waals surface area contributed by atoms with Crippen molar-refractivity contribution in [3.05, 3.63) is 50.9 Å². The van der Waals surface area contributed by atoms with E-state index in [1.54, 1.807) is 25.6 Å². The Morgan fingerprint density at radius 2 is 2.11 bits per heavy atom. The molecule has 0 aliphatic rings. The van der Waals surface area contributed by atoms with E-state index in [1.807, 2.05) is 12.1 Å². The van der Waals surface area contributed by atoms with Crippen LogP contribution in [0.1, 0.15) is 17.4 Å². The van der Waals surface area contributed by atoms with Crippen molar-refractivity contribution in [1.29, 1.82) is 0 Å². The van der Waals surface area contributed by atoms with E-state index in [-0.39, 0.29) is 6.04 Å². The number of methoxy groups -OCH3 is 1. The van der Waals surface area contributed by atoms with E-state index in [4.69, 9.17) is 10.6 Å². The van der Waals surface area contributed by atoms with Gasteiger partial charge < -0.3 is 4.74 Å². The molecule has 19 heavy (non-hydrogen) atoms. The highest BCUT2D eigenvalue weighted by Gasteiger charge is 2.22. The molecule has 0 aromatic carbocycles. The van der Waals surface area contributed by atoms with Gasteiger partial charge in [0.25, 0.3) is 0 Å². The van der Waals surface area contributed by atoms with Crippen molar-refractivity contribution < 1.29 is 4.74 Å². The number of hydrazine groups is 1. The van der Waals surface area contributed by atoms with Crippen LogP contribution in [-0.2, 0) is 0 Å². The average molecular weight is 388 g/mol. The van der Waals surface area contributed by atoms with Gasteiger partial charge in [-0.15, -0.1) is 0 Å². The van der Waals surface area contributed by atoms with Gasteiger partial charge in [0.15, 0.2) is 0 Å². The number of halogens is 2. The van der Waals surface area contributed by atoms with Crippen molar-refractivity contribution in [3.63, 3.8) is 0 Å². The summed E-state index contributed by atoms with van der Waals surface area (Å²) >= 11 is 6.84. The van der Waals surface area contributed by atoms with Crippen molar-refractivity contribution in [2.75, 3.05) is 7.11 Å². The topological polar surface area (TPSA) is 73.1 Å². The molecule has 0 spiro atoms. The predicted molar refractivity (Wildman–Crippen MR) is 79.6 cm³/mol. The zero-order valence-electron chi connectivity index (χ0n) is 10.1. The fourth-order valence-electron chi connectivity index (χ4n) is 1.72. The molecule has 2 aromatic heterocycles. The SMILES string of the molecule is COc1cccnc1C(NN)c1ncc(Br)cc1Br. The highest BCUT2D eigenvalue weighted by molar-refractivity contribution is 9.11. The number of ether oxygens (including phenoxy) is 1. The van der Waals surface area contributed by atoms with E-state index in [9.17, 15) is 0 Å². The summed E-state index contributed by atoms with van der Waals surface area (Å²) in [6, 6.07) is 5.18. The molecule has 7 heteroatoms. The van der Waals surface area contributed by atoms with Crippen LogP contribution in [-0.4, -0.2) is 17.1 Å². The Morgan fingerprint density at radius 3 is 2.74 bits per heavy atom. The molecule has 2 aromatic rings. The molecule has 3 N–H and O–H groups in total. The quantitative estimate of drug-likeness (QED) is 0.623. The van der Waals surface area contributed by atoms with E-state index in [1.165, 1.54) is 0 Å². The van der Waals surface area contributed by atoms with Gasteiger partial charge in [-0.1, -0.05) is 0 Å². The van der Waals surface area contributed by atoms with Gasteiger partial charge in [-0.25, -0.2) is 5.43 Å². The molecule has 0 aliphatic heterocycles. The molecule has 2 heterocycles. The van der Waals surface area contributed by atoms with Gasteiger partial charge in [-0.3, -0.25) is 15.8 Å². The standard InChI is InChI=1S/C12H12Br2N4O/c1-19-9-3-2-4-16-11(9)12(18-15)10-8(14)5-7(13)6-17-10/h2-6,12,18H,15H2,1H3. The summed E-state index contributed by atoms with van der Waals surface area (Å²) in [5, 5.41) is 0. The number of hydrogen-bond donors (Lipinski definition) is 2. The molecule has 0 bridgehead atoms. The van der Waals surface area contributed by atoms with Crippen LogP contribution in [0.15, 0.2) is 39.5 Å². The van der Waals surface area contributed by atoms with Crippen LogP contribution < -0.4 is 16.0 Å². The Bertz CT molecular complexity index is 579. The van der Waals surface area contributed by atoms with Crippen LogP contribution in [0.2, 0.25) is 0 Å². The van der Waals surface area contributed by atoms with Gasteiger partial charge in [0.2, 0.25) is 0 Å². The fourth-order valence-corrected chi connectivity index (χ4v) is 2.93. The fraction of sp³-hybridized carbons (Fsp3) is 0.167. The molecular formula is C12H12Br2N4O. The minimum absolute atomic E-state index is 0.362. The highest BCUT2D eigenvalue weighted by Crippen LogP contribution is 2.31. The van der Waals surface area contributed by atoms with Crippen LogP contribution in [0, 0.1) is 0 Å². The summed E-state index contributed by atoms with van der Waals surface area (Å²) in [6.45, 7) is 0. The first-order valence-electron chi connectivity index (χ1n) is 5.43. The number of hydrogen-bond acceptors (Lipinski definition) is 5. The Hall–Kier alpha value is -1.02. The van der Waals surface area contributed by atoms with Gasteiger partial charge in [0, 0.05) is 21.3 Å². The average Bonchev–Trinajstić information content (AvgIpc) is 2.42. The lowest BCUT2D eigenvalue weighted by Gasteiger charge is -2.18. The molecule has 0 amide bonds. The number of nitrogens with zero attached hydrogens (tertiary/aromatic N) is 2. The van der Waals surface area contributed by atoms with Gasteiger partial charge in [-0.05, 0) is 50.1 Å². The highest BCUT2D eigenvalue weighted by atomic mass is 79.9. The molecule has 0 aliphatic carbocycles. The van der Waals surface area contributed by atoms with Crippen molar-refractivity contribution >= 4 is 31.9 Å². The molecular weight excluding hydrogens is 376 g/mol. The van der Waals surface area contributed by atoms with Crippen LogP contribution in [0.4, 0.5) is 0 Å². The molecule has 0 fully saturated rings. The lowest BCUT2D eigenvalue weighted by molar-refractivity contribution is 0.399. The van der Waals surface area contributed by atoms with Crippen molar-refractivity contribution in [1.82, 2.24) is 15.4 Å². The third kappa shape index (κ3) is 3.11. The van der Waals surface area contributed by atoms with Crippen molar-refractivity contribution in [3.8, 4) is 5.75 Å². The molecule has 0 saturated heterocycles. The van der Waals surface area contributed by atoms with Gasteiger partial charge in [0.05, 0.1) is 12.8 Å². The molecule has 5 nitrogen and oxygen atoms in total. The van der Waals surface area contributed by atoms with E-state index >= 15 is 0 Å². The van der Waals surface area contributed by atoms with Gasteiger partial charge in [-0.2, -0.15) is 0 Å². The largest absolute Gasteiger partial charge is 0.495 e. The van der Waals surface area contributed by atoms with E-state index in [0.29, 0.717) is 11.4 Å². The van der Waals surface area contributed by atoms with Crippen molar-refractivity contribution in [2.45, 2.75) is 6.04 Å². The smallest absolute Gasteiger partial charge is 0.142 e. The lowest BCUT2D eigenvalue weighted by Crippen LogP contribution is -2.30. The first-order chi connectivity index (χ1) is 9.17. The number of rotatable bonds is 4. The second-order valence-electron chi connectivity index (χ2n) is 3.71. The molecule has 0 saturated carbocycles. The molecule has 0 radical (unpaired) electrons. The molecule has 2 rings (SSSR count). The second kappa shape index (κ2) is 6.42. The zero-order valence-corrected chi connectivity index (χ0v) is 13.3. The van der Waals surface area contributed by atoms with Crippen LogP contribution in [0.3, 0.4) is 0 Å². The van der Waals surface area contributed by atoms with E-state index in [2.05, 4.69) is 47.3 Å². The Balaban J connectivity index is 2.50. The first kappa shape index (κ1) is 14.4. The maximum Gasteiger partial charge on any atom is 0.142 e. The van der Waals surface area contributed by atoms with Gasteiger partial charge in [0.1, 0.15) is 17.5 Å². The summed E-state index contributed by atoms with van der Waals surface area (Å²) in [5.74, 6) is 6.30. The number of aromatic nitrogens is 2.